The number of benzene rings is 3. The van der Waals surface area contributed by atoms with Crippen molar-refractivity contribution >= 4 is 28.6 Å². The van der Waals surface area contributed by atoms with Gasteiger partial charge in [0, 0.05) is 19.0 Å². The number of carbonyl (C=O) groups excluding carboxylic acids is 2. The van der Waals surface area contributed by atoms with Crippen molar-refractivity contribution in [2.75, 3.05) is 6.54 Å². The van der Waals surface area contributed by atoms with Crippen molar-refractivity contribution < 1.29 is 32.7 Å². The normalized spacial score (nSPS) is 25.5. The Bertz CT molecular complexity index is 1470. The van der Waals surface area contributed by atoms with E-state index in [0.717, 1.165) is 27.8 Å². The molecule has 3 aromatic rings. The molecule has 2 amide bonds. The van der Waals surface area contributed by atoms with Gasteiger partial charge in [-0.05, 0) is 41.0 Å². The summed E-state index contributed by atoms with van der Waals surface area (Å²) < 4.78 is 40.5. The molecule has 0 bridgehead atoms. The van der Waals surface area contributed by atoms with Crippen molar-refractivity contribution in [3.8, 4) is 0 Å². The molecule has 196 valence electrons. The van der Waals surface area contributed by atoms with E-state index in [9.17, 15) is 32.7 Å². The third-order valence-electron chi connectivity index (χ3n) is 7.52. The van der Waals surface area contributed by atoms with E-state index >= 15 is 0 Å². The fourth-order valence-electron chi connectivity index (χ4n) is 5.75. The Kier molecular flexibility index (Phi) is 6.35. The van der Waals surface area contributed by atoms with Gasteiger partial charge in [0.25, 0.3) is 0 Å². The van der Waals surface area contributed by atoms with Crippen molar-refractivity contribution in [1.82, 2.24) is 10.2 Å². The van der Waals surface area contributed by atoms with Crippen LogP contribution < -0.4 is 5.32 Å². The van der Waals surface area contributed by atoms with Crippen molar-refractivity contribution in [2.24, 2.45) is 11.8 Å². The molecule has 2 saturated heterocycles. The summed E-state index contributed by atoms with van der Waals surface area (Å²) in [5.74, 6) is -5.07. The monoisotopic (exact) mass is 522 g/mol. The molecule has 2 aliphatic heterocycles. The third kappa shape index (κ3) is 4.16. The molecule has 3 aromatic carbocycles. The van der Waals surface area contributed by atoms with Crippen molar-refractivity contribution in [2.45, 2.75) is 31.1 Å². The van der Waals surface area contributed by atoms with Crippen molar-refractivity contribution in [3.05, 3.63) is 95.6 Å². The Labute approximate surface area is 216 Å². The van der Waals surface area contributed by atoms with Crippen LogP contribution in [0.25, 0.3) is 10.8 Å². The second-order valence-electron chi connectivity index (χ2n) is 9.74. The molecule has 0 spiro atoms. The molecule has 4 atom stereocenters. The van der Waals surface area contributed by atoms with Crippen LogP contribution in [0.5, 0.6) is 0 Å². The van der Waals surface area contributed by atoms with Gasteiger partial charge in [-0.15, -0.1) is 0 Å². The third-order valence-corrected chi connectivity index (χ3v) is 7.52. The number of nitrogens with one attached hydrogen (secondary N) is 1. The lowest BCUT2D eigenvalue weighted by Crippen LogP contribution is -2.57. The number of hydrogen-bond donors (Lipinski definition) is 2. The fourth-order valence-corrected chi connectivity index (χ4v) is 5.75. The highest BCUT2D eigenvalue weighted by molar-refractivity contribution is 6.09. The number of rotatable bonds is 6. The predicted molar refractivity (Wildman–Crippen MR) is 134 cm³/mol. The first-order valence-corrected chi connectivity index (χ1v) is 12.2. The molecule has 2 fully saturated rings. The molecule has 2 N–H and O–H groups in total. The molecule has 0 aromatic heterocycles. The summed E-state index contributed by atoms with van der Waals surface area (Å²) in [6.07, 6.45) is -1.50. The van der Waals surface area contributed by atoms with Gasteiger partial charge in [-0.1, -0.05) is 66.7 Å². The number of carbonyl (C=O) groups is 3. The van der Waals surface area contributed by atoms with Crippen LogP contribution in [-0.4, -0.2) is 39.9 Å². The summed E-state index contributed by atoms with van der Waals surface area (Å²) in [6, 6.07) is 16.3. The van der Waals surface area contributed by atoms with Crippen molar-refractivity contribution in [1.29, 1.82) is 0 Å². The van der Waals surface area contributed by atoms with Crippen LogP contribution in [0.4, 0.5) is 13.2 Å². The van der Waals surface area contributed by atoms with Gasteiger partial charge in [-0.25, -0.2) is 0 Å². The molecule has 9 heteroatoms. The number of aliphatic carboxylic acids is 1. The maximum absolute atomic E-state index is 13.6. The molecular weight excluding hydrogens is 497 g/mol. The van der Waals surface area contributed by atoms with Gasteiger partial charge in [0.2, 0.25) is 11.8 Å². The highest BCUT2D eigenvalue weighted by atomic mass is 19.4. The number of carboxylic acid groups (broad SMARTS) is 1. The predicted octanol–water partition coefficient (Wildman–Crippen LogP) is 4.75. The minimum Gasteiger partial charge on any atom is -0.480 e. The van der Waals surface area contributed by atoms with Crippen LogP contribution >= 0.6 is 0 Å². The minimum absolute atomic E-state index is 0.0395. The molecule has 0 radical (unpaired) electrons. The number of amides is 2. The van der Waals surface area contributed by atoms with Crippen LogP contribution in [0.2, 0.25) is 0 Å². The smallest absolute Gasteiger partial charge is 0.416 e. The van der Waals surface area contributed by atoms with E-state index in [1.165, 1.54) is 12.1 Å². The number of nitrogens with zero attached hydrogens (tertiary/aromatic N) is 1. The maximum Gasteiger partial charge on any atom is 0.416 e. The number of fused-ring (bicyclic) bond motifs is 2. The minimum atomic E-state index is -4.63. The molecule has 0 saturated carbocycles. The van der Waals surface area contributed by atoms with E-state index in [1.807, 2.05) is 36.4 Å². The number of allylic oxidation sites excluding steroid dienone is 1. The van der Waals surface area contributed by atoms with Crippen LogP contribution in [0.3, 0.4) is 0 Å². The first-order valence-electron chi connectivity index (χ1n) is 12.2. The quantitative estimate of drug-likeness (QED) is 0.361. The van der Waals surface area contributed by atoms with Gasteiger partial charge >= 0.3 is 12.1 Å². The molecule has 38 heavy (non-hydrogen) atoms. The average molecular weight is 523 g/mol. The molecule has 6 nitrogen and oxygen atoms in total. The number of imide groups is 1. The van der Waals surface area contributed by atoms with Gasteiger partial charge in [0.1, 0.15) is 5.54 Å². The first kappa shape index (κ1) is 25.7. The Hall–Kier alpha value is -3.98. The number of carboxylic acids is 1. The van der Waals surface area contributed by atoms with E-state index in [2.05, 4.69) is 5.32 Å². The van der Waals surface area contributed by atoms with Crippen LogP contribution in [0.1, 0.15) is 29.7 Å². The Morgan fingerprint density at radius 3 is 2.45 bits per heavy atom. The van der Waals surface area contributed by atoms with Crippen LogP contribution in [0, 0.1) is 11.8 Å². The van der Waals surface area contributed by atoms with Gasteiger partial charge in [-0.2, -0.15) is 13.2 Å². The Morgan fingerprint density at radius 2 is 1.76 bits per heavy atom. The first-order chi connectivity index (χ1) is 18.1. The van der Waals surface area contributed by atoms with Gasteiger partial charge in [0.05, 0.1) is 17.4 Å². The Balaban J connectivity index is 1.64. The lowest BCUT2D eigenvalue weighted by Gasteiger charge is -2.31. The standard InChI is InChI=1S/C29H25F3N2O4/c1-2-3-13-34-25(35)22-23(26(34)36)28(27(37)38,16-17-11-12-18-7-4-5-8-19(18)14-17)33-24(22)20-9-6-10-21(15-20)29(30,31)32/h2-12,14-15,22-24,33H,13,16H2,1H3,(H,37,38). The largest absolute Gasteiger partial charge is 0.480 e. The van der Waals surface area contributed by atoms with Crippen molar-refractivity contribution in [3.63, 3.8) is 0 Å². The zero-order chi connectivity index (χ0) is 27.2. The summed E-state index contributed by atoms with van der Waals surface area (Å²) in [4.78, 5) is 41.1. The maximum atomic E-state index is 13.6. The molecule has 4 unspecified atom stereocenters. The highest BCUT2D eigenvalue weighted by Gasteiger charge is 2.68. The van der Waals surface area contributed by atoms with E-state index in [1.54, 1.807) is 25.1 Å². The second-order valence-corrected chi connectivity index (χ2v) is 9.74. The number of hydrogen-bond acceptors (Lipinski definition) is 4. The lowest BCUT2D eigenvalue weighted by molar-refractivity contribution is -0.151. The van der Waals surface area contributed by atoms with Crippen LogP contribution in [-0.2, 0) is 27.0 Å². The number of halogens is 3. The zero-order valence-electron chi connectivity index (χ0n) is 20.4. The summed E-state index contributed by atoms with van der Waals surface area (Å²) in [6.45, 7) is 1.68. The van der Waals surface area contributed by atoms with E-state index in [-0.39, 0.29) is 18.5 Å². The van der Waals surface area contributed by atoms with E-state index < -0.39 is 52.9 Å². The van der Waals surface area contributed by atoms with Gasteiger partial charge < -0.3 is 5.11 Å². The molecule has 5 rings (SSSR count). The van der Waals surface area contributed by atoms with E-state index in [0.29, 0.717) is 5.56 Å². The summed E-state index contributed by atoms with van der Waals surface area (Å²) in [5, 5.41) is 15.4. The van der Waals surface area contributed by atoms with Gasteiger partial charge in [-0.3, -0.25) is 24.6 Å². The topological polar surface area (TPSA) is 86.7 Å². The molecule has 0 aliphatic carbocycles. The zero-order valence-corrected chi connectivity index (χ0v) is 20.4. The second kappa shape index (κ2) is 9.40. The average Bonchev–Trinajstić information content (AvgIpc) is 3.36. The van der Waals surface area contributed by atoms with E-state index in [4.69, 9.17) is 0 Å². The summed E-state index contributed by atoms with van der Waals surface area (Å²) >= 11 is 0. The SMILES string of the molecule is CC=CCN1C(=O)C2C(c3cccc(C(F)(F)F)c3)NC(Cc3ccc4ccccc4c3)(C(=O)O)C2C1=O. The summed E-state index contributed by atoms with van der Waals surface area (Å²) in [5.41, 5.74) is -2.11. The number of alkyl halides is 3. The number of likely N-dealkylation sites (tertiary alicyclic amines) is 1. The molecular formula is C29H25F3N2O4. The van der Waals surface area contributed by atoms with Crippen LogP contribution in [0.15, 0.2) is 78.9 Å². The summed E-state index contributed by atoms with van der Waals surface area (Å²) in [7, 11) is 0. The lowest BCUT2D eigenvalue weighted by atomic mass is 9.76. The van der Waals surface area contributed by atoms with Gasteiger partial charge in [0.15, 0.2) is 0 Å². The molecule has 2 heterocycles. The Morgan fingerprint density at radius 1 is 1.03 bits per heavy atom. The molecule has 2 aliphatic rings. The highest BCUT2D eigenvalue weighted by Crippen LogP contribution is 2.50. The fraction of sp³-hybridized carbons (Fsp3) is 0.276.